The standard InChI is InChI=1S/C24H41N5O.HI/c1-3-25-23(28-20-24(14-17-30-2)12-6-7-13-24)27-19-21-10-11-22(26-18-21)29-15-8-4-5-9-16-29;/h10-11,18H,3-9,12-17,19-20H2,1-2H3,(H2,25,27,28);1H. The molecule has 2 aliphatic rings. The van der Waals surface area contributed by atoms with Crippen LogP contribution in [0.1, 0.15) is 70.3 Å². The van der Waals surface area contributed by atoms with Crippen LogP contribution in [0.5, 0.6) is 0 Å². The van der Waals surface area contributed by atoms with E-state index in [2.05, 4.69) is 34.6 Å². The van der Waals surface area contributed by atoms with Gasteiger partial charge in [0.15, 0.2) is 5.96 Å². The van der Waals surface area contributed by atoms with Gasteiger partial charge in [-0.1, -0.05) is 31.7 Å². The number of hydrogen-bond donors (Lipinski definition) is 2. The fourth-order valence-electron chi connectivity index (χ4n) is 4.74. The predicted molar refractivity (Wildman–Crippen MR) is 141 cm³/mol. The highest BCUT2D eigenvalue weighted by Gasteiger charge is 2.33. The summed E-state index contributed by atoms with van der Waals surface area (Å²) in [6, 6.07) is 4.34. The third kappa shape index (κ3) is 8.40. The van der Waals surface area contributed by atoms with E-state index in [1.807, 2.05) is 6.20 Å². The second-order valence-corrected chi connectivity index (χ2v) is 8.92. The van der Waals surface area contributed by atoms with Crippen LogP contribution in [0.15, 0.2) is 23.3 Å². The third-order valence-corrected chi connectivity index (χ3v) is 6.63. The maximum Gasteiger partial charge on any atom is 0.191 e. The van der Waals surface area contributed by atoms with E-state index >= 15 is 0 Å². The molecule has 3 rings (SSSR count). The summed E-state index contributed by atoms with van der Waals surface area (Å²) in [6.45, 7) is 7.69. The summed E-state index contributed by atoms with van der Waals surface area (Å²) < 4.78 is 5.36. The van der Waals surface area contributed by atoms with Crippen molar-refractivity contribution in [3.63, 3.8) is 0 Å². The van der Waals surface area contributed by atoms with Crippen LogP contribution in [0.4, 0.5) is 5.82 Å². The summed E-state index contributed by atoms with van der Waals surface area (Å²) in [6.07, 6.45) is 13.6. The topological polar surface area (TPSA) is 61.8 Å². The van der Waals surface area contributed by atoms with E-state index < -0.39 is 0 Å². The molecule has 1 aromatic rings. The van der Waals surface area contributed by atoms with Gasteiger partial charge in [0.05, 0.1) is 6.54 Å². The van der Waals surface area contributed by atoms with E-state index in [1.54, 1.807) is 7.11 Å². The molecule has 2 fully saturated rings. The number of ether oxygens (including phenoxy) is 1. The molecule has 7 heteroatoms. The Kier molecular flexibility index (Phi) is 11.9. The van der Waals surface area contributed by atoms with Gasteiger partial charge in [0.1, 0.15) is 5.82 Å². The SMILES string of the molecule is CCNC(=NCc1ccc(N2CCCCCC2)nc1)NCC1(CCOC)CCCC1.I. The van der Waals surface area contributed by atoms with Crippen molar-refractivity contribution in [1.82, 2.24) is 15.6 Å². The van der Waals surface area contributed by atoms with Crippen molar-refractivity contribution < 1.29 is 4.74 Å². The van der Waals surface area contributed by atoms with Crippen molar-refractivity contribution in [2.75, 3.05) is 44.8 Å². The first-order chi connectivity index (χ1) is 14.7. The van der Waals surface area contributed by atoms with Crippen LogP contribution in [0.25, 0.3) is 0 Å². The summed E-state index contributed by atoms with van der Waals surface area (Å²) in [5, 5.41) is 7.01. The maximum atomic E-state index is 5.36. The molecule has 0 bridgehead atoms. The van der Waals surface area contributed by atoms with Gasteiger partial charge in [-0.2, -0.15) is 0 Å². The Hall–Kier alpha value is -1.09. The lowest BCUT2D eigenvalue weighted by Crippen LogP contribution is -2.43. The normalized spacial score (nSPS) is 18.9. The lowest BCUT2D eigenvalue weighted by molar-refractivity contribution is 0.138. The molecule has 0 spiro atoms. The van der Waals surface area contributed by atoms with Crippen molar-refractivity contribution in [1.29, 1.82) is 0 Å². The zero-order chi connectivity index (χ0) is 21.1. The van der Waals surface area contributed by atoms with Gasteiger partial charge >= 0.3 is 0 Å². The Morgan fingerprint density at radius 1 is 1.10 bits per heavy atom. The van der Waals surface area contributed by atoms with Crippen LogP contribution < -0.4 is 15.5 Å². The largest absolute Gasteiger partial charge is 0.385 e. The fraction of sp³-hybridized carbons (Fsp3) is 0.750. The molecule has 0 atom stereocenters. The van der Waals surface area contributed by atoms with Crippen molar-refractivity contribution in [2.45, 2.75) is 71.3 Å². The second kappa shape index (κ2) is 14.1. The molecule has 0 radical (unpaired) electrons. The van der Waals surface area contributed by atoms with Gasteiger partial charge in [0, 0.05) is 46.1 Å². The number of aliphatic imine (C=N–C) groups is 1. The van der Waals surface area contributed by atoms with Crippen LogP contribution in [-0.2, 0) is 11.3 Å². The highest BCUT2D eigenvalue weighted by atomic mass is 127. The number of nitrogens with zero attached hydrogens (tertiary/aromatic N) is 3. The smallest absolute Gasteiger partial charge is 0.191 e. The number of hydrogen-bond acceptors (Lipinski definition) is 4. The van der Waals surface area contributed by atoms with Crippen LogP contribution in [0.2, 0.25) is 0 Å². The van der Waals surface area contributed by atoms with E-state index in [-0.39, 0.29) is 24.0 Å². The Balaban J connectivity index is 0.00000341. The quantitative estimate of drug-likeness (QED) is 0.268. The number of guanidine groups is 1. The number of methoxy groups -OCH3 is 1. The molecule has 2 N–H and O–H groups in total. The summed E-state index contributed by atoms with van der Waals surface area (Å²) in [5.41, 5.74) is 1.50. The van der Waals surface area contributed by atoms with Crippen LogP contribution in [0.3, 0.4) is 0 Å². The van der Waals surface area contributed by atoms with Gasteiger partial charge in [-0.25, -0.2) is 9.98 Å². The average molecular weight is 544 g/mol. The minimum absolute atomic E-state index is 0. The molecule has 176 valence electrons. The summed E-state index contributed by atoms with van der Waals surface area (Å²) in [4.78, 5) is 12.0. The molecule has 2 heterocycles. The molecule has 1 aliphatic carbocycles. The second-order valence-electron chi connectivity index (χ2n) is 8.92. The van der Waals surface area contributed by atoms with E-state index in [0.29, 0.717) is 12.0 Å². The average Bonchev–Trinajstić information content (AvgIpc) is 3.07. The summed E-state index contributed by atoms with van der Waals surface area (Å²) in [7, 11) is 1.80. The first-order valence-corrected chi connectivity index (χ1v) is 12.0. The highest BCUT2D eigenvalue weighted by molar-refractivity contribution is 14.0. The van der Waals surface area contributed by atoms with Crippen molar-refractivity contribution in [3.05, 3.63) is 23.9 Å². The monoisotopic (exact) mass is 543 g/mol. The number of anilines is 1. The molecule has 6 nitrogen and oxygen atoms in total. The molecule has 1 aromatic heterocycles. The Morgan fingerprint density at radius 2 is 1.84 bits per heavy atom. The van der Waals surface area contributed by atoms with Gasteiger partial charge in [0.25, 0.3) is 0 Å². The molecule has 1 aliphatic heterocycles. The zero-order valence-corrected chi connectivity index (χ0v) is 21.8. The first-order valence-electron chi connectivity index (χ1n) is 12.0. The van der Waals surface area contributed by atoms with Crippen molar-refractivity contribution in [2.24, 2.45) is 10.4 Å². The van der Waals surface area contributed by atoms with Crippen molar-refractivity contribution in [3.8, 4) is 0 Å². The lowest BCUT2D eigenvalue weighted by Gasteiger charge is -2.30. The summed E-state index contributed by atoms with van der Waals surface area (Å²) in [5.74, 6) is 2.01. The molecular formula is C24H42IN5O. The molecule has 1 saturated carbocycles. The van der Waals surface area contributed by atoms with Gasteiger partial charge in [0.2, 0.25) is 0 Å². The number of nitrogens with one attached hydrogen (secondary N) is 2. The van der Waals surface area contributed by atoms with E-state index in [0.717, 1.165) is 56.5 Å². The van der Waals surface area contributed by atoms with Crippen LogP contribution >= 0.6 is 24.0 Å². The molecule has 1 saturated heterocycles. The maximum absolute atomic E-state index is 5.36. The molecular weight excluding hydrogens is 501 g/mol. The number of pyridine rings is 1. The molecule has 31 heavy (non-hydrogen) atoms. The van der Waals surface area contributed by atoms with Crippen molar-refractivity contribution >= 4 is 35.8 Å². The van der Waals surface area contributed by atoms with Gasteiger partial charge < -0.3 is 20.3 Å². The molecule has 0 aromatic carbocycles. The minimum Gasteiger partial charge on any atom is -0.385 e. The number of halogens is 1. The molecule has 0 unspecified atom stereocenters. The Labute approximate surface area is 206 Å². The predicted octanol–water partition coefficient (Wildman–Crippen LogP) is 4.73. The van der Waals surface area contributed by atoms with Gasteiger partial charge in [-0.15, -0.1) is 24.0 Å². The first kappa shape index (κ1) is 26.2. The zero-order valence-electron chi connectivity index (χ0n) is 19.5. The van der Waals surface area contributed by atoms with Crippen LogP contribution in [-0.4, -0.2) is 50.8 Å². The highest BCUT2D eigenvalue weighted by Crippen LogP contribution is 2.40. The lowest BCUT2D eigenvalue weighted by atomic mass is 9.83. The minimum atomic E-state index is 0. The van der Waals surface area contributed by atoms with Gasteiger partial charge in [-0.05, 0) is 56.1 Å². The van der Waals surface area contributed by atoms with E-state index in [9.17, 15) is 0 Å². The Morgan fingerprint density at radius 3 is 2.45 bits per heavy atom. The van der Waals surface area contributed by atoms with Crippen LogP contribution in [0, 0.1) is 5.41 Å². The number of rotatable bonds is 9. The number of aromatic nitrogens is 1. The Bertz CT molecular complexity index is 638. The van der Waals surface area contributed by atoms with E-state index in [1.165, 1.54) is 51.4 Å². The van der Waals surface area contributed by atoms with Gasteiger partial charge in [-0.3, -0.25) is 0 Å². The molecule has 0 amide bonds. The summed E-state index contributed by atoms with van der Waals surface area (Å²) >= 11 is 0. The fourth-order valence-corrected chi connectivity index (χ4v) is 4.74. The van der Waals surface area contributed by atoms with E-state index in [4.69, 9.17) is 14.7 Å². The third-order valence-electron chi connectivity index (χ3n) is 6.63.